The zero-order valence-corrected chi connectivity index (χ0v) is 17.1. The van der Waals surface area contributed by atoms with Gasteiger partial charge in [-0.15, -0.1) is 0 Å². The van der Waals surface area contributed by atoms with Crippen LogP contribution in [0.4, 0.5) is 0 Å². The first-order chi connectivity index (χ1) is 13.4. The molecule has 0 heterocycles. The number of hydrogen-bond acceptors (Lipinski definition) is 4. The van der Waals surface area contributed by atoms with Gasteiger partial charge in [0.2, 0.25) is 0 Å². The zero-order chi connectivity index (χ0) is 20.6. The molecule has 0 amide bonds. The molecule has 0 aliphatic heterocycles. The normalized spacial score (nSPS) is 28.1. The van der Waals surface area contributed by atoms with Crippen molar-refractivity contribution in [2.45, 2.75) is 89.8 Å². The molecule has 0 saturated heterocycles. The molecule has 5 nitrogen and oxygen atoms in total. The van der Waals surface area contributed by atoms with E-state index in [9.17, 15) is 19.8 Å². The number of aliphatic hydroxyl groups excluding tert-OH is 2. The minimum absolute atomic E-state index is 0.0143. The summed E-state index contributed by atoms with van der Waals surface area (Å²) in [5, 5.41) is 29.7. The number of Topliss-reactive ketones (excluding diaryl/α,β-unsaturated/α-hetero) is 1. The van der Waals surface area contributed by atoms with E-state index in [0.717, 1.165) is 38.5 Å². The van der Waals surface area contributed by atoms with Crippen LogP contribution < -0.4 is 0 Å². The Kier molecular flexibility index (Phi) is 8.90. The zero-order valence-electron chi connectivity index (χ0n) is 17.1. The van der Waals surface area contributed by atoms with Crippen LogP contribution >= 0.6 is 0 Å². The van der Waals surface area contributed by atoms with E-state index in [1.165, 1.54) is 0 Å². The molecular weight excluding hydrogens is 356 g/mol. The summed E-state index contributed by atoms with van der Waals surface area (Å²) in [5.41, 5.74) is -0.0143. The van der Waals surface area contributed by atoms with Gasteiger partial charge in [0.1, 0.15) is 5.78 Å². The summed E-state index contributed by atoms with van der Waals surface area (Å²) in [4.78, 5) is 22.8. The van der Waals surface area contributed by atoms with Gasteiger partial charge in [-0.1, -0.05) is 50.5 Å². The SMILES string of the molecule is CCCCC1(C(O)/C=C/[C@H]2[C@H](O)CC(=O)[C@@H]2C/C=C\CCCC(=O)O)CCC1. The van der Waals surface area contributed by atoms with E-state index >= 15 is 0 Å². The van der Waals surface area contributed by atoms with E-state index < -0.39 is 18.2 Å². The van der Waals surface area contributed by atoms with Crippen molar-refractivity contribution in [1.29, 1.82) is 0 Å². The van der Waals surface area contributed by atoms with Gasteiger partial charge in [-0.05, 0) is 43.9 Å². The standard InChI is InChI=1S/C23H36O5/c1-2-3-13-23(14-8-15-23)21(26)12-11-18-17(19(24)16-20(18)25)9-6-4-5-7-10-22(27)28/h4,6,11-12,17-18,20-21,25-26H,2-3,5,7-10,13-16H2,1H3,(H,27,28)/b6-4-,12-11+/t17-,18-,20-,21?/m1/s1. The fraction of sp³-hybridized carbons (Fsp3) is 0.739. The van der Waals surface area contributed by atoms with Crippen LogP contribution in [0.15, 0.2) is 24.3 Å². The van der Waals surface area contributed by atoms with Crippen LogP contribution in [-0.4, -0.2) is 39.3 Å². The van der Waals surface area contributed by atoms with Gasteiger partial charge in [0.05, 0.1) is 12.2 Å². The van der Waals surface area contributed by atoms with Crippen molar-refractivity contribution in [3.63, 3.8) is 0 Å². The lowest BCUT2D eigenvalue weighted by molar-refractivity contribution is -0.137. The van der Waals surface area contributed by atoms with Crippen LogP contribution in [0, 0.1) is 17.3 Å². The van der Waals surface area contributed by atoms with E-state index in [2.05, 4.69) is 6.92 Å². The Morgan fingerprint density at radius 3 is 2.64 bits per heavy atom. The van der Waals surface area contributed by atoms with E-state index in [0.29, 0.717) is 19.3 Å². The highest BCUT2D eigenvalue weighted by molar-refractivity contribution is 5.84. The van der Waals surface area contributed by atoms with Gasteiger partial charge >= 0.3 is 5.97 Å². The van der Waals surface area contributed by atoms with Crippen molar-refractivity contribution in [2.24, 2.45) is 17.3 Å². The highest BCUT2D eigenvalue weighted by Gasteiger charge is 2.43. The molecule has 2 saturated carbocycles. The number of allylic oxidation sites excluding steroid dienone is 2. The quantitative estimate of drug-likeness (QED) is 0.344. The second-order valence-corrected chi connectivity index (χ2v) is 8.56. The largest absolute Gasteiger partial charge is 0.481 e. The van der Waals surface area contributed by atoms with Gasteiger partial charge < -0.3 is 15.3 Å². The maximum absolute atomic E-state index is 12.3. The number of aliphatic carboxylic acids is 1. The number of rotatable bonds is 12. The van der Waals surface area contributed by atoms with Crippen LogP contribution in [0.5, 0.6) is 0 Å². The Balaban J connectivity index is 1.91. The molecular formula is C23H36O5. The number of aliphatic hydroxyl groups is 2. The van der Waals surface area contributed by atoms with Gasteiger partial charge in [0.25, 0.3) is 0 Å². The number of carboxylic acid groups (broad SMARTS) is 1. The van der Waals surface area contributed by atoms with Crippen LogP contribution in [0.1, 0.15) is 77.6 Å². The summed E-state index contributed by atoms with van der Waals surface area (Å²) >= 11 is 0. The van der Waals surface area contributed by atoms with Gasteiger partial charge in [0, 0.05) is 24.7 Å². The number of unbranched alkanes of at least 4 members (excludes halogenated alkanes) is 2. The molecule has 2 aliphatic rings. The molecule has 2 rings (SSSR count). The van der Waals surface area contributed by atoms with Crippen LogP contribution in [0.2, 0.25) is 0 Å². The molecule has 0 bridgehead atoms. The van der Waals surface area contributed by atoms with Crippen LogP contribution in [0.25, 0.3) is 0 Å². The van der Waals surface area contributed by atoms with E-state index in [-0.39, 0.29) is 35.9 Å². The summed E-state index contributed by atoms with van der Waals surface area (Å²) in [7, 11) is 0. The molecule has 1 unspecified atom stereocenters. The highest BCUT2D eigenvalue weighted by Crippen LogP contribution is 2.48. The lowest BCUT2D eigenvalue weighted by Gasteiger charge is -2.45. The van der Waals surface area contributed by atoms with E-state index in [4.69, 9.17) is 5.11 Å². The smallest absolute Gasteiger partial charge is 0.303 e. The molecule has 28 heavy (non-hydrogen) atoms. The predicted octanol–water partition coefficient (Wildman–Crippen LogP) is 4.03. The monoisotopic (exact) mass is 392 g/mol. The summed E-state index contributed by atoms with van der Waals surface area (Å²) in [6.45, 7) is 2.16. The van der Waals surface area contributed by atoms with Gasteiger partial charge in [-0.25, -0.2) is 0 Å². The molecule has 4 atom stereocenters. The number of ketones is 1. The third-order valence-electron chi connectivity index (χ3n) is 6.57. The van der Waals surface area contributed by atoms with Crippen molar-refractivity contribution in [3.05, 3.63) is 24.3 Å². The molecule has 0 aromatic rings. The highest BCUT2D eigenvalue weighted by atomic mass is 16.4. The summed E-state index contributed by atoms with van der Waals surface area (Å²) < 4.78 is 0. The molecule has 158 valence electrons. The average Bonchev–Trinajstić information content (AvgIpc) is 2.88. The Hall–Kier alpha value is -1.46. The summed E-state index contributed by atoms with van der Waals surface area (Å²) in [6.07, 6.45) is 15.0. The molecule has 0 aromatic carbocycles. The third-order valence-corrected chi connectivity index (χ3v) is 6.57. The second-order valence-electron chi connectivity index (χ2n) is 8.56. The number of hydrogen-bond donors (Lipinski definition) is 3. The lowest BCUT2D eigenvalue weighted by Crippen LogP contribution is -2.40. The number of carbonyl (C=O) groups is 2. The van der Waals surface area contributed by atoms with Gasteiger partial charge in [-0.2, -0.15) is 0 Å². The topological polar surface area (TPSA) is 94.8 Å². The average molecular weight is 393 g/mol. The first-order valence-corrected chi connectivity index (χ1v) is 10.8. The Labute approximate surface area is 168 Å². The van der Waals surface area contributed by atoms with E-state index in [1.54, 1.807) is 0 Å². The molecule has 0 aromatic heterocycles. The Bertz CT molecular complexity index is 576. The van der Waals surface area contributed by atoms with Crippen LogP contribution in [0.3, 0.4) is 0 Å². The first-order valence-electron chi connectivity index (χ1n) is 10.8. The third kappa shape index (κ3) is 6.02. The van der Waals surface area contributed by atoms with Gasteiger partial charge in [0.15, 0.2) is 0 Å². The lowest BCUT2D eigenvalue weighted by atomic mass is 9.62. The van der Waals surface area contributed by atoms with Crippen molar-refractivity contribution in [2.75, 3.05) is 0 Å². The van der Waals surface area contributed by atoms with Crippen molar-refractivity contribution >= 4 is 11.8 Å². The summed E-state index contributed by atoms with van der Waals surface area (Å²) in [6, 6.07) is 0. The Morgan fingerprint density at radius 2 is 2.04 bits per heavy atom. The summed E-state index contributed by atoms with van der Waals surface area (Å²) in [5.74, 6) is -1.25. The van der Waals surface area contributed by atoms with Crippen molar-refractivity contribution < 1.29 is 24.9 Å². The second kappa shape index (κ2) is 10.9. The predicted molar refractivity (Wildman–Crippen MR) is 109 cm³/mol. The first kappa shape index (κ1) is 22.8. The van der Waals surface area contributed by atoms with Crippen molar-refractivity contribution in [3.8, 4) is 0 Å². The maximum atomic E-state index is 12.3. The van der Waals surface area contributed by atoms with Crippen molar-refractivity contribution in [1.82, 2.24) is 0 Å². The molecule has 0 spiro atoms. The fourth-order valence-electron chi connectivity index (χ4n) is 4.55. The molecule has 3 N–H and O–H groups in total. The van der Waals surface area contributed by atoms with E-state index in [1.807, 2.05) is 24.3 Å². The maximum Gasteiger partial charge on any atom is 0.303 e. The minimum Gasteiger partial charge on any atom is -0.481 e. The molecule has 2 fully saturated rings. The van der Waals surface area contributed by atoms with Gasteiger partial charge in [-0.3, -0.25) is 9.59 Å². The minimum atomic E-state index is -0.797. The molecule has 0 radical (unpaired) electrons. The van der Waals surface area contributed by atoms with Crippen LogP contribution in [-0.2, 0) is 9.59 Å². The fourth-order valence-corrected chi connectivity index (χ4v) is 4.55. The molecule has 5 heteroatoms. The molecule has 2 aliphatic carbocycles. The number of carboxylic acids is 1. The number of carbonyl (C=O) groups excluding carboxylic acids is 1. The Morgan fingerprint density at radius 1 is 1.29 bits per heavy atom.